The molecule has 0 bridgehead atoms. The quantitative estimate of drug-likeness (QED) is 0.682. The van der Waals surface area contributed by atoms with E-state index in [0.29, 0.717) is 10.8 Å². The van der Waals surface area contributed by atoms with E-state index in [1.165, 1.54) is 37.5 Å². The van der Waals surface area contributed by atoms with Gasteiger partial charge in [0.1, 0.15) is 11.4 Å². The number of rotatable bonds is 5. The normalized spacial score (nSPS) is 11.3. The van der Waals surface area contributed by atoms with Gasteiger partial charge >= 0.3 is 6.61 Å². The monoisotopic (exact) mass is 367 g/mol. The Labute approximate surface area is 145 Å². The van der Waals surface area contributed by atoms with Crippen LogP contribution in [0.3, 0.4) is 0 Å². The second kappa shape index (κ2) is 7.03. The van der Waals surface area contributed by atoms with Gasteiger partial charge in [-0.05, 0) is 12.1 Å². The predicted octanol–water partition coefficient (Wildman–Crippen LogP) is 4.36. The van der Waals surface area contributed by atoms with Crippen molar-refractivity contribution in [3.8, 4) is 5.75 Å². The number of nitrogens with zero attached hydrogens (tertiary/aromatic N) is 2. The lowest BCUT2D eigenvalue weighted by Gasteiger charge is -2.12. The van der Waals surface area contributed by atoms with Crippen LogP contribution in [0.5, 0.6) is 5.75 Å². The molecule has 2 aromatic carbocycles. The maximum absolute atomic E-state index is 13.0. The molecule has 0 aliphatic heterocycles. The molecule has 9 heteroatoms. The van der Waals surface area contributed by atoms with Crippen LogP contribution in [0.1, 0.15) is 22.5 Å². The van der Waals surface area contributed by atoms with Gasteiger partial charge in [-0.3, -0.25) is 9.48 Å². The lowest BCUT2D eigenvalue weighted by Crippen LogP contribution is -2.13. The number of alkyl halides is 4. The van der Waals surface area contributed by atoms with Crippen LogP contribution in [0.4, 0.5) is 23.2 Å². The third-order valence-electron chi connectivity index (χ3n) is 3.66. The molecule has 26 heavy (non-hydrogen) atoms. The molecular formula is C17H13F4N3O2. The van der Waals surface area contributed by atoms with Crippen molar-refractivity contribution in [2.75, 3.05) is 5.32 Å². The van der Waals surface area contributed by atoms with Crippen LogP contribution < -0.4 is 10.1 Å². The molecule has 0 radical (unpaired) electrons. The molecule has 5 nitrogen and oxygen atoms in total. The minimum Gasteiger partial charge on any atom is -0.434 e. The van der Waals surface area contributed by atoms with Crippen molar-refractivity contribution in [1.82, 2.24) is 9.78 Å². The van der Waals surface area contributed by atoms with E-state index in [4.69, 9.17) is 0 Å². The van der Waals surface area contributed by atoms with E-state index in [2.05, 4.69) is 15.2 Å². The molecule has 0 atom stereocenters. The van der Waals surface area contributed by atoms with Crippen molar-refractivity contribution in [2.24, 2.45) is 7.05 Å². The van der Waals surface area contributed by atoms with E-state index in [1.54, 1.807) is 12.1 Å². The molecule has 0 aliphatic rings. The zero-order chi connectivity index (χ0) is 18.8. The highest BCUT2D eigenvalue weighted by Gasteiger charge is 2.23. The van der Waals surface area contributed by atoms with Crippen molar-refractivity contribution in [3.63, 3.8) is 0 Å². The van der Waals surface area contributed by atoms with Gasteiger partial charge in [-0.1, -0.05) is 24.3 Å². The first-order valence-electron chi connectivity index (χ1n) is 7.46. The van der Waals surface area contributed by atoms with Crippen LogP contribution in [0.25, 0.3) is 10.8 Å². The fourth-order valence-electron chi connectivity index (χ4n) is 2.62. The molecule has 1 N–H and O–H groups in total. The highest BCUT2D eigenvalue weighted by molar-refractivity contribution is 6.10. The van der Waals surface area contributed by atoms with Crippen molar-refractivity contribution >= 4 is 22.4 Å². The van der Waals surface area contributed by atoms with E-state index >= 15 is 0 Å². The molecule has 1 heterocycles. The van der Waals surface area contributed by atoms with Gasteiger partial charge in [0.2, 0.25) is 0 Å². The van der Waals surface area contributed by atoms with Gasteiger partial charge in [0, 0.05) is 29.7 Å². The van der Waals surface area contributed by atoms with Crippen molar-refractivity contribution in [2.45, 2.75) is 13.0 Å². The van der Waals surface area contributed by atoms with Gasteiger partial charge in [0.25, 0.3) is 12.3 Å². The fraction of sp³-hybridized carbons (Fsp3) is 0.176. The summed E-state index contributed by atoms with van der Waals surface area (Å²) in [6.07, 6.45) is -1.72. The largest absolute Gasteiger partial charge is 0.434 e. The van der Waals surface area contributed by atoms with E-state index in [-0.39, 0.29) is 17.0 Å². The molecule has 0 aliphatic carbocycles. The van der Waals surface area contributed by atoms with E-state index in [9.17, 15) is 22.4 Å². The van der Waals surface area contributed by atoms with Gasteiger partial charge in [-0.25, -0.2) is 8.78 Å². The summed E-state index contributed by atoms with van der Waals surface area (Å²) >= 11 is 0. The van der Waals surface area contributed by atoms with Gasteiger partial charge in [0.15, 0.2) is 0 Å². The van der Waals surface area contributed by atoms with Crippen LogP contribution in [-0.2, 0) is 7.05 Å². The third-order valence-corrected chi connectivity index (χ3v) is 3.66. The standard InChI is InChI=1S/C17H13F4N3O2/c1-24-8-11(14(23-24)15(18)19)16(25)22-12-6-2-5-10-9(12)4-3-7-13(10)26-17(20)21/h2-8,15,17H,1H3,(H,22,25). The van der Waals surface area contributed by atoms with Gasteiger partial charge in [-0.2, -0.15) is 13.9 Å². The van der Waals surface area contributed by atoms with Crippen LogP contribution >= 0.6 is 0 Å². The second-order valence-corrected chi connectivity index (χ2v) is 5.39. The summed E-state index contributed by atoms with van der Waals surface area (Å²) in [7, 11) is 1.43. The summed E-state index contributed by atoms with van der Waals surface area (Å²) in [4.78, 5) is 12.4. The molecule has 0 fully saturated rings. The Kier molecular flexibility index (Phi) is 4.79. The summed E-state index contributed by atoms with van der Waals surface area (Å²) in [5.41, 5.74) is -0.622. The molecular weight excluding hydrogens is 354 g/mol. The average molecular weight is 367 g/mol. The lowest BCUT2D eigenvalue weighted by molar-refractivity contribution is -0.0488. The first kappa shape index (κ1) is 17.7. The topological polar surface area (TPSA) is 56.2 Å². The zero-order valence-corrected chi connectivity index (χ0v) is 13.4. The summed E-state index contributed by atoms with van der Waals surface area (Å²) in [6, 6.07) is 9.08. The van der Waals surface area contributed by atoms with Crippen molar-refractivity contribution in [3.05, 3.63) is 53.9 Å². The number of benzene rings is 2. The Morgan fingerprint density at radius 1 is 1.12 bits per heavy atom. The number of hydrogen-bond acceptors (Lipinski definition) is 3. The summed E-state index contributed by atoms with van der Waals surface area (Å²) in [5.74, 6) is -0.829. The van der Waals surface area contributed by atoms with E-state index in [0.717, 1.165) is 4.68 Å². The molecule has 1 aromatic heterocycles. The second-order valence-electron chi connectivity index (χ2n) is 5.39. The molecule has 0 saturated heterocycles. The number of aromatic nitrogens is 2. The number of ether oxygens (including phenoxy) is 1. The van der Waals surface area contributed by atoms with Crippen LogP contribution in [0.2, 0.25) is 0 Å². The molecule has 1 amide bonds. The van der Waals surface area contributed by atoms with Crippen molar-refractivity contribution < 1.29 is 27.1 Å². The molecule has 3 aromatic rings. The molecule has 0 unspecified atom stereocenters. The Balaban J connectivity index is 1.98. The predicted molar refractivity (Wildman–Crippen MR) is 86.7 cm³/mol. The van der Waals surface area contributed by atoms with Crippen LogP contribution in [-0.4, -0.2) is 22.3 Å². The van der Waals surface area contributed by atoms with Crippen LogP contribution in [0, 0.1) is 0 Å². The minimum absolute atomic E-state index is 0.0525. The Bertz CT molecular complexity index is 956. The highest BCUT2D eigenvalue weighted by Crippen LogP contribution is 2.32. The summed E-state index contributed by atoms with van der Waals surface area (Å²) < 4.78 is 56.7. The highest BCUT2D eigenvalue weighted by atomic mass is 19.3. The Morgan fingerprint density at radius 2 is 1.81 bits per heavy atom. The van der Waals surface area contributed by atoms with Crippen molar-refractivity contribution in [1.29, 1.82) is 0 Å². The summed E-state index contributed by atoms with van der Waals surface area (Å²) in [6.45, 7) is -3.00. The maximum Gasteiger partial charge on any atom is 0.387 e. The number of amides is 1. The fourth-order valence-corrected chi connectivity index (χ4v) is 2.62. The molecule has 0 saturated carbocycles. The SMILES string of the molecule is Cn1cc(C(=O)Nc2cccc3c(OC(F)F)cccc23)c(C(F)F)n1. The molecule has 0 spiro atoms. The summed E-state index contributed by atoms with van der Waals surface area (Å²) in [5, 5.41) is 6.89. The molecule has 3 rings (SSSR count). The average Bonchev–Trinajstić information content (AvgIpc) is 2.97. The van der Waals surface area contributed by atoms with E-state index in [1.807, 2.05) is 0 Å². The van der Waals surface area contributed by atoms with Gasteiger partial charge in [0.05, 0.1) is 5.56 Å². The maximum atomic E-state index is 13.0. The zero-order valence-electron chi connectivity index (χ0n) is 13.4. The first-order valence-corrected chi connectivity index (χ1v) is 7.46. The van der Waals surface area contributed by atoms with Gasteiger partial charge < -0.3 is 10.1 Å². The number of aryl methyl sites for hydroxylation is 1. The Morgan fingerprint density at radius 3 is 2.50 bits per heavy atom. The molecule has 136 valence electrons. The van der Waals surface area contributed by atoms with Gasteiger partial charge in [-0.15, -0.1) is 0 Å². The van der Waals surface area contributed by atoms with Crippen LogP contribution in [0.15, 0.2) is 42.6 Å². The number of fused-ring (bicyclic) bond motifs is 1. The lowest BCUT2D eigenvalue weighted by atomic mass is 10.1. The smallest absolute Gasteiger partial charge is 0.387 e. The third kappa shape index (κ3) is 3.46. The number of halogens is 4. The number of nitrogens with one attached hydrogen (secondary N) is 1. The number of carbonyl (C=O) groups excluding carboxylic acids is 1. The number of carbonyl (C=O) groups is 1. The van der Waals surface area contributed by atoms with E-state index < -0.39 is 24.6 Å². The minimum atomic E-state index is -3.00. The number of hydrogen-bond donors (Lipinski definition) is 1. The Hall–Kier alpha value is -3.10. The first-order chi connectivity index (χ1) is 12.4. The number of anilines is 1.